The number of amides is 3. The lowest BCUT2D eigenvalue weighted by Gasteiger charge is -2.32. The number of nitrogens with one attached hydrogen (secondary N) is 2. The predicted octanol–water partition coefficient (Wildman–Crippen LogP) is 1.15. The Morgan fingerprint density at radius 1 is 1.35 bits per heavy atom. The Bertz CT molecular complexity index is 587. The predicted molar refractivity (Wildman–Crippen MR) is 86.7 cm³/mol. The molecule has 2 N–H and O–H groups in total. The van der Waals surface area contributed by atoms with E-state index in [9.17, 15) is 14.4 Å². The van der Waals surface area contributed by atoms with Gasteiger partial charge in [0.25, 0.3) is 5.91 Å². The van der Waals surface area contributed by atoms with Crippen LogP contribution in [0.1, 0.15) is 30.3 Å². The summed E-state index contributed by atoms with van der Waals surface area (Å²) in [6.45, 7) is 3.34. The van der Waals surface area contributed by atoms with Crippen molar-refractivity contribution in [2.45, 2.75) is 19.8 Å². The maximum absolute atomic E-state index is 12.2. The summed E-state index contributed by atoms with van der Waals surface area (Å²) in [4.78, 5) is 37.6. The number of hydrogen-bond acceptors (Lipinski definition) is 4. The zero-order valence-corrected chi connectivity index (χ0v) is 14.5. The van der Waals surface area contributed by atoms with E-state index in [4.69, 9.17) is 4.42 Å². The minimum absolute atomic E-state index is 0.0190. The zero-order chi connectivity index (χ0) is 16.8. The van der Waals surface area contributed by atoms with Crippen molar-refractivity contribution in [3.8, 4) is 0 Å². The minimum Gasteiger partial charge on any atom is -0.444 e. The smallest absolute Gasteiger partial charge is 0.287 e. The van der Waals surface area contributed by atoms with Gasteiger partial charge < -0.3 is 20.0 Å². The molecule has 2 heterocycles. The van der Waals surface area contributed by atoms with Crippen molar-refractivity contribution in [3.05, 3.63) is 22.6 Å². The molecular formula is C15H20BrN3O4. The van der Waals surface area contributed by atoms with Crippen molar-refractivity contribution in [2.75, 3.05) is 26.2 Å². The first-order chi connectivity index (χ1) is 11.0. The number of piperidine rings is 1. The topological polar surface area (TPSA) is 91.7 Å². The molecule has 23 heavy (non-hydrogen) atoms. The van der Waals surface area contributed by atoms with Crippen molar-refractivity contribution in [1.82, 2.24) is 15.5 Å². The Kier molecular flexibility index (Phi) is 6.20. The van der Waals surface area contributed by atoms with Crippen LogP contribution in [-0.4, -0.2) is 48.8 Å². The van der Waals surface area contributed by atoms with Gasteiger partial charge in [-0.15, -0.1) is 0 Å². The molecule has 0 aromatic carbocycles. The Morgan fingerprint density at radius 3 is 2.78 bits per heavy atom. The number of rotatable bonds is 5. The van der Waals surface area contributed by atoms with Crippen LogP contribution >= 0.6 is 15.9 Å². The molecule has 126 valence electrons. The molecule has 8 heteroatoms. The molecule has 1 fully saturated rings. The van der Waals surface area contributed by atoms with Crippen molar-refractivity contribution < 1.29 is 18.8 Å². The highest BCUT2D eigenvalue weighted by molar-refractivity contribution is 9.10. The third kappa shape index (κ3) is 4.82. The molecular weight excluding hydrogens is 366 g/mol. The Hall–Kier alpha value is -1.83. The van der Waals surface area contributed by atoms with E-state index < -0.39 is 5.91 Å². The maximum Gasteiger partial charge on any atom is 0.287 e. The van der Waals surface area contributed by atoms with Gasteiger partial charge in [0.05, 0.1) is 12.5 Å². The fraction of sp³-hybridized carbons (Fsp3) is 0.533. The second kappa shape index (κ2) is 8.14. The standard InChI is InChI=1S/C15H20BrN3O4/c1-2-17-14(21)10-4-3-7-19(9-10)13(20)8-18-15(22)11-5-6-12(16)23-11/h5-6,10H,2-4,7-9H2,1H3,(H,17,21)(H,18,22). The average molecular weight is 386 g/mol. The molecule has 0 aliphatic carbocycles. The number of carbonyl (C=O) groups excluding carboxylic acids is 3. The Labute approximate surface area is 142 Å². The van der Waals surface area contributed by atoms with E-state index in [1.807, 2.05) is 6.92 Å². The second-order valence-electron chi connectivity index (χ2n) is 5.36. The molecule has 0 spiro atoms. The van der Waals surface area contributed by atoms with Crippen molar-refractivity contribution in [1.29, 1.82) is 0 Å². The molecule has 1 saturated heterocycles. The van der Waals surface area contributed by atoms with Gasteiger partial charge >= 0.3 is 0 Å². The van der Waals surface area contributed by atoms with Gasteiger partial charge in [0.1, 0.15) is 0 Å². The summed E-state index contributed by atoms with van der Waals surface area (Å²) in [6.07, 6.45) is 1.56. The first kappa shape index (κ1) is 17.5. The lowest BCUT2D eigenvalue weighted by molar-refractivity contribution is -0.134. The summed E-state index contributed by atoms with van der Waals surface area (Å²) in [5.41, 5.74) is 0. The van der Waals surface area contributed by atoms with Crippen LogP contribution in [0.25, 0.3) is 0 Å². The number of furan rings is 1. The Morgan fingerprint density at radius 2 is 2.13 bits per heavy atom. The number of halogens is 1. The number of hydrogen-bond donors (Lipinski definition) is 2. The molecule has 1 aromatic heterocycles. The van der Waals surface area contributed by atoms with Crippen LogP contribution in [0.2, 0.25) is 0 Å². The van der Waals surface area contributed by atoms with Gasteiger partial charge in [-0.1, -0.05) is 0 Å². The van der Waals surface area contributed by atoms with Crippen LogP contribution < -0.4 is 10.6 Å². The third-order valence-corrected chi connectivity index (χ3v) is 4.12. The normalized spacial score (nSPS) is 17.7. The van der Waals surface area contributed by atoms with Crippen LogP contribution in [-0.2, 0) is 9.59 Å². The Balaban J connectivity index is 1.83. The highest BCUT2D eigenvalue weighted by atomic mass is 79.9. The maximum atomic E-state index is 12.2. The minimum atomic E-state index is -0.443. The molecule has 7 nitrogen and oxygen atoms in total. The number of carbonyl (C=O) groups is 3. The molecule has 1 atom stereocenters. The zero-order valence-electron chi connectivity index (χ0n) is 12.9. The SMILES string of the molecule is CCNC(=O)C1CCCN(C(=O)CNC(=O)c2ccc(Br)o2)C1. The third-order valence-electron chi connectivity index (χ3n) is 3.69. The van der Waals surface area contributed by atoms with Crippen molar-refractivity contribution >= 4 is 33.7 Å². The van der Waals surface area contributed by atoms with Gasteiger partial charge in [-0.25, -0.2) is 0 Å². The molecule has 1 aliphatic rings. The van der Waals surface area contributed by atoms with E-state index >= 15 is 0 Å². The quantitative estimate of drug-likeness (QED) is 0.794. The van der Waals surface area contributed by atoms with Gasteiger partial charge in [-0.2, -0.15) is 0 Å². The van der Waals surface area contributed by atoms with Crippen LogP contribution in [0.5, 0.6) is 0 Å². The van der Waals surface area contributed by atoms with E-state index in [0.717, 1.165) is 12.8 Å². The molecule has 0 saturated carbocycles. The molecule has 1 aliphatic heterocycles. The van der Waals surface area contributed by atoms with Crippen LogP contribution in [0, 0.1) is 5.92 Å². The largest absolute Gasteiger partial charge is 0.444 e. The van der Waals surface area contributed by atoms with E-state index in [2.05, 4.69) is 26.6 Å². The highest BCUT2D eigenvalue weighted by Crippen LogP contribution is 2.17. The molecule has 0 bridgehead atoms. The molecule has 2 rings (SSSR count). The van der Waals surface area contributed by atoms with Gasteiger partial charge in [-0.05, 0) is 47.8 Å². The van der Waals surface area contributed by atoms with E-state index in [1.54, 1.807) is 11.0 Å². The van der Waals surface area contributed by atoms with Crippen LogP contribution in [0.15, 0.2) is 21.2 Å². The lowest BCUT2D eigenvalue weighted by Crippen LogP contribution is -2.48. The summed E-state index contributed by atoms with van der Waals surface area (Å²) in [6, 6.07) is 3.13. The number of nitrogens with zero attached hydrogens (tertiary/aromatic N) is 1. The molecule has 0 radical (unpaired) electrons. The van der Waals surface area contributed by atoms with E-state index in [0.29, 0.717) is 24.3 Å². The summed E-state index contributed by atoms with van der Waals surface area (Å²) in [5.74, 6) is -0.693. The summed E-state index contributed by atoms with van der Waals surface area (Å²) in [7, 11) is 0. The van der Waals surface area contributed by atoms with Gasteiger partial charge in [0, 0.05) is 19.6 Å². The lowest BCUT2D eigenvalue weighted by atomic mass is 9.97. The van der Waals surface area contributed by atoms with Crippen LogP contribution in [0.4, 0.5) is 0 Å². The van der Waals surface area contributed by atoms with Crippen molar-refractivity contribution in [2.24, 2.45) is 5.92 Å². The number of likely N-dealkylation sites (tertiary alicyclic amines) is 1. The summed E-state index contributed by atoms with van der Waals surface area (Å²) < 4.78 is 5.58. The second-order valence-corrected chi connectivity index (χ2v) is 6.14. The van der Waals surface area contributed by atoms with Crippen LogP contribution in [0.3, 0.4) is 0 Å². The van der Waals surface area contributed by atoms with Crippen molar-refractivity contribution in [3.63, 3.8) is 0 Å². The first-order valence-corrected chi connectivity index (χ1v) is 8.39. The fourth-order valence-corrected chi connectivity index (χ4v) is 2.83. The first-order valence-electron chi connectivity index (χ1n) is 7.60. The summed E-state index contributed by atoms with van der Waals surface area (Å²) in [5, 5.41) is 5.32. The molecule has 1 aromatic rings. The van der Waals surface area contributed by atoms with Gasteiger partial charge in [0.2, 0.25) is 11.8 Å². The average Bonchev–Trinajstić information content (AvgIpc) is 2.99. The van der Waals surface area contributed by atoms with E-state index in [1.165, 1.54) is 6.07 Å². The molecule has 1 unspecified atom stereocenters. The van der Waals surface area contributed by atoms with E-state index in [-0.39, 0.29) is 30.0 Å². The summed E-state index contributed by atoms with van der Waals surface area (Å²) >= 11 is 3.12. The fourth-order valence-electron chi connectivity index (χ4n) is 2.53. The van der Waals surface area contributed by atoms with Gasteiger partial charge in [0.15, 0.2) is 10.4 Å². The molecule has 3 amide bonds. The monoisotopic (exact) mass is 385 g/mol. The van der Waals surface area contributed by atoms with Gasteiger partial charge in [-0.3, -0.25) is 14.4 Å². The highest BCUT2D eigenvalue weighted by Gasteiger charge is 2.28.